The van der Waals surface area contributed by atoms with Crippen molar-refractivity contribution in [1.29, 1.82) is 0 Å². The van der Waals surface area contributed by atoms with Crippen LogP contribution in [-0.2, 0) is 9.09 Å². The van der Waals surface area contributed by atoms with E-state index in [9.17, 15) is 23.7 Å². The van der Waals surface area contributed by atoms with Crippen molar-refractivity contribution < 1.29 is 28.3 Å². The fraction of sp³-hybridized carbons (Fsp3) is 0.360. The van der Waals surface area contributed by atoms with Crippen LogP contribution in [0.15, 0.2) is 48.5 Å². The normalized spacial score (nSPS) is 16.7. The minimum absolute atomic E-state index is 0.273. The molecule has 2 aromatic carbocycles. The van der Waals surface area contributed by atoms with Crippen LogP contribution in [0, 0.1) is 0 Å². The van der Waals surface area contributed by atoms with Gasteiger partial charge in [0.15, 0.2) is 7.37 Å². The summed E-state index contributed by atoms with van der Waals surface area (Å²) in [5, 5.41) is 0. The predicted molar refractivity (Wildman–Crippen MR) is 126 cm³/mol. The summed E-state index contributed by atoms with van der Waals surface area (Å²) in [6, 6.07) is 13.5. The Kier molecular flexibility index (Phi) is 7.10. The van der Waals surface area contributed by atoms with Gasteiger partial charge in [-0.05, 0) is 49.9 Å². The van der Waals surface area contributed by atoms with Crippen molar-refractivity contribution in [1.82, 2.24) is 9.80 Å². The number of imide groups is 2. The molecule has 4 amide bonds. The van der Waals surface area contributed by atoms with Crippen molar-refractivity contribution in [3.8, 4) is 0 Å². The quantitative estimate of drug-likeness (QED) is 0.272. The molecule has 0 saturated heterocycles. The molecule has 4 rings (SSSR count). The second kappa shape index (κ2) is 10.0. The van der Waals surface area contributed by atoms with E-state index in [4.69, 9.17) is 4.52 Å². The molecule has 0 aliphatic carbocycles. The van der Waals surface area contributed by atoms with Gasteiger partial charge in [0.1, 0.15) is 0 Å². The molecule has 0 fully saturated rings. The van der Waals surface area contributed by atoms with Gasteiger partial charge in [0.2, 0.25) is 0 Å². The van der Waals surface area contributed by atoms with Gasteiger partial charge in [-0.15, -0.1) is 0 Å². The number of unbranched alkanes of at least 4 members (excludes halogenated alkanes) is 2. The third kappa shape index (κ3) is 4.88. The van der Waals surface area contributed by atoms with Gasteiger partial charge < -0.3 is 4.52 Å². The van der Waals surface area contributed by atoms with Gasteiger partial charge >= 0.3 is 0 Å². The van der Waals surface area contributed by atoms with Crippen LogP contribution in [0.2, 0.25) is 0 Å². The van der Waals surface area contributed by atoms with Gasteiger partial charge in [0.05, 0.1) is 28.9 Å². The Hall–Kier alpha value is -3.09. The molecule has 178 valence electrons. The average molecular weight is 482 g/mol. The third-order valence-corrected chi connectivity index (χ3v) is 7.95. The Morgan fingerprint density at radius 2 is 1.03 bits per heavy atom. The molecule has 8 nitrogen and oxygen atoms in total. The zero-order chi connectivity index (χ0) is 24.3. The molecule has 0 radical (unpaired) electrons. The number of amides is 4. The van der Waals surface area contributed by atoms with Crippen molar-refractivity contribution in [2.45, 2.75) is 25.7 Å². The van der Waals surface area contributed by atoms with Crippen molar-refractivity contribution >= 4 is 31.0 Å². The van der Waals surface area contributed by atoms with Gasteiger partial charge in [0, 0.05) is 25.9 Å². The van der Waals surface area contributed by atoms with Crippen LogP contribution in [0.25, 0.3) is 0 Å². The SMILES string of the molecule is C[P@@](=O)(CCCCN1C(=O)c2ccccc2C1=O)OCCCCN1C(=O)c2ccccc2C1=O. The summed E-state index contributed by atoms with van der Waals surface area (Å²) in [7, 11) is -2.82. The second-order valence-corrected chi connectivity index (χ2v) is 11.3. The number of benzene rings is 2. The third-order valence-electron chi connectivity index (χ3n) is 6.09. The summed E-state index contributed by atoms with van der Waals surface area (Å²) in [4.78, 5) is 52.0. The molecule has 9 heteroatoms. The highest BCUT2D eigenvalue weighted by atomic mass is 31.2. The Labute approximate surface area is 198 Å². The first kappa shape index (κ1) is 24.0. The topological polar surface area (TPSA) is 101 Å². The molecule has 0 saturated carbocycles. The Morgan fingerprint density at radius 3 is 1.44 bits per heavy atom. The predicted octanol–water partition coefficient (Wildman–Crippen LogP) is 4.06. The average Bonchev–Trinajstić information content (AvgIpc) is 3.22. The lowest BCUT2D eigenvalue weighted by molar-refractivity contribution is 0.0635. The van der Waals surface area contributed by atoms with Crippen LogP contribution in [0.5, 0.6) is 0 Å². The maximum Gasteiger partial charge on any atom is 0.261 e. The van der Waals surface area contributed by atoms with E-state index in [1.807, 2.05) is 0 Å². The fourth-order valence-electron chi connectivity index (χ4n) is 4.25. The lowest BCUT2D eigenvalue weighted by Crippen LogP contribution is -2.30. The van der Waals surface area contributed by atoms with Gasteiger partial charge in [-0.2, -0.15) is 0 Å². The first-order chi connectivity index (χ1) is 16.3. The largest absolute Gasteiger partial charge is 0.329 e. The number of fused-ring (bicyclic) bond motifs is 2. The molecular formula is C25H27N2O6P. The first-order valence-electron chi connectivity index (χ1n) is 11.4. The maximum absolute atomic E-state index is 12.7. The van der Waals surface area contributed by atoms with Gasteiger partial charge in [-0.1, -0.05) is 24.3 Å². The molecule has 0 bridgehead atoms. The zero-order valence-corrected chi connectivity index (χ0v) is 20.0. The van der Waals surface area contributed by atoms with E-state index in [1.165, 1.54) is 9.80 Å². The Bertz CT molecular complexity index is 1120. The smallest absolute Gasteiger partial charge is 0.261 e. The van der Waals surface area contributed by atoms with E-state index >= 15 is 0 Å². The number of carbonyl (C=O) groups excluding carboxylic acids is 4. The molecule has 0 spiro atoms. The summed E-state index contributed by atoms with van der Waals surface area (Å²) >= 11 is 0. The number of hydrogen-bond donors (Lipinski definition) is 0. The van der Waals surface area contributed by atoms with Crippen LogP contribution < -0.4 is 0 Å². The molecule has 0 N–H and O–H groups in total. The monoisotopic (exact) mass is 482 g/mol. The molecule has 2 aliphatic rings. The minimum Gasteiger partial charge on any atom is -0.329 e. The fourth-order valence-corrected chi connectivity index (χ4v) is 5.69. The van der Waals surface area contributed by atoms with Gasteiger partial charge in [-0.25, -0.2) is 0 Å². The Morgan fingerprint density at radius 1 is 0.647 bits per heavy atom. The summed E-state index contributed by atoms with van der Waals surface area (Å²) < 4.78 is 18.3. The van der Waals surface area contributed by atoms with Crippen LogP contribution in [-0.4, -0.2) is 66.0 Å². The summed E-state index contributed by atoms with van der Waals surface area (Å²) in [5.41, 5.74) is 1.72. The van der Waals surface area contributed by atoms with Crippen molar-refractivity contribution in [3.63, 3.8) is 0 Å². The lowest BCUT2D eigenvalue weighted by atomic mass is 10.1. The second-order valence-electron chi connectivity index (χ2n) is 8.60. The molecule has 0 unspecified atom stereocenters. The van der Waals surface area contributed by atoms with Crippen LogP contribution in [0.3, 0.4) is 0 Å². The van der Waals surface area contributed by atoms with Crippen LogP contribution >= 0.6 is 7.37 Å². The van der Waals surface area contributed by atoms with Crippen LogP contribution in [0.1, 0.15) is 67.1 Å². The van der Waals surface area contributed by atoms with Crippen molar-refractivity contribution in [3.05, 3.63) is 70.8 Å². The molecular weight excluding hydrogens is 455 g/mol. The number of carbonyl (C=O) groups is 4. The molecule has 2 aromatic rings. The zero-order valence-electron chi connectivity index (χ0n) is 19.1. The summed E-state index contributed by atoms with van der Waals surface area (Å²) in [6.45, 7) is 2.44. The highest BCUT2D eigenvalue weighted by Crippen LogP contribution is 2.43. The van der Waals surface area contributed by atoms with Crippen LogP contribution in [0.4, 0.5) is 0 Å². The van der Waals surface area contributed by atoms with E-state index in [0.29, 0.717) is 60.6 Å². The van der Waals surface area contributed by atoms with Crippen molar-refractivity contribution in [2.75, 3.05) is 32.5 Å². The number of nitrogens with zero attached hydrogens (tertiary/aromatic N) is 2. The highest BCUT2D eigenvalue weighted by molar-refractivity contribution is 7.58. The molecule has 1 atom stereocenters. The highest BCUT2D eigenvalue weighted by Gasteiger charge is 2.35. The molecule has 34 heavy (non-hydrogen) atoms. The van der Waals surface area contributed by atoms with Gasteiger partial charge in [-0.3, -0.25) is 33.5 Å². The number of rotatable bonds is 11. The Balaban J connectivity index is 1.13. The van der Waals surface area contributed by atoms with E-state index in [0.717, 1.165) is 0 Å². The summed E-state index contributed by atoms with van der Waals surface area (Å²) in [6.07, 6.45) is 2.60. The summed E-state index contributed by atoms with van der Waals surface area (Å²) in [5.74, 6) is -1.12. The first-order valence-corrected chi connectivity index (χ1v) is 13.7. The minimum atomic E-state index is -2.82. The molecule has 2 aliphatic heterocycles. The van der Waals surface area contributed by atoms with E-state index in [2.05, 4.69) is 0 Å². The lowest BCUT2D eigenvalue weighted by Gasteiger charge is -2.17. The van der Waals surface area contributed by atoms with E-state index < -0.39 is 7.37 Å². The van der Waals surface area contributed by atoms with E-state index in [-0.39, 0.29) is 36.8 Å². The van der Waals surface area contributed by atoms with Crippen molar-refractivity contribution in [2.24, 2.45) is 0 Å². The molecule has 0 aromatic heterocycles. The standard InChI is InChI=1S/C25H27N2O6P/c1-34(32,17-9-7-15-27-24(30)20-12-4-5-13-21(20)25(27)31)33-16-8-6-14-26-22(28)18-10-2-3-11-19(18)23(26)29/h2-5,10-13H,6-9,14-17H2,1H3/t34-/m0/s1. The number of hydrogen-bond acceptors (Lipinski definition) is 6. The molecule has 2 heterocycles. The van der Waals surface area contributed by atoms with E-state index in [1.54, 1.807) is 55.2 Å². The maximum atomic E-state index is 12.7. The van der Waals surface area contributed by atoms with Gasteiger partial charge in [0.25, 0.3) is 23.6 Å².